The first-order valence-electron chi connectivity index (χ1n) is 6.82. The molecule has 0 spiro atoms. The lowest BCUT2D eigenvalue weighted by Gasteiger charge is -2.11. The number of hydrogen-bond acceptors (Lipinski definition) is 5. The van der Waals surface area contributed by atoms with Crippen LogP contribution < -0.4 is 10.0 Å². The number of furan rings is 1. The first kappa shape index (κ1) is 16.5. The standard InChI is InChI=1S/C13H18N2O6S/c1-7-10(6-11(21-7)22(19,20)14-2)12(16)15-9-4-3-8(5-9)13(17)18/h6,8-9,14H,3-5H2,1-2H3,(H,15,16)(H,17,18)/t8-,9+/m0/s1. The quantitative estimate of drug-likeness (QED) is 0.721. The van der Waals surface area contributed by atoms with Crippen LogP contribution in [0.25, 0.3) is 0 Å². The van der Waals surface area contributed by atoms with Gasteiger partial charge in [-0.1, -0.05) is 0 Å². The van der Waals surface area contributed by atoms with Crippen molar-refractivity contribution in [3.05, 3.63) is 17.4 Å². The van der Waals surface area contributed by atoms with Gasteiger partial charge in [0.1, 0.15) is 5.76 Å². The number of amides is 1. The van der Waals surface area contributed by atoms with Crippen molar-refractivity contribution in [3.63, 3.8) is 0 Å². The Morgan fingerprint density at radius 2 is 2.05 bits per heavy atom. The number of carbonyl (C=O) groups excluding carboxylic acids is 1. The molecule has 1 aliphatic carbocycles. The summed E-state index contributed by atoms with van der Waals surface area (Å²) in [5.41, 5.74) is 0.132. The Morgan fingerprint density at radius 1 is 1.36 bits per heavy atom. The van der Waals surface area contributed by atoms with Crippen LogP contribution in [-0.2, 0) is 14.8 Å². The number of carbonyl (C=O) groups is 2. The summed E-state index contributed by atoms with van der Waals surface area (Å²) in [5, 5.41) is 11.3. The van der Waals surface area contributed by atoms with Crippen LogP contribution >= 0.6 is 0 Å². The van der Waals surface area contributed by atoms with E-state index in [1.165, 1.54) is 20.0 Å². The van der Waals surface area contributed by atoms with Gasteiger partial charge >= 0.3 is 5.97 Å². The van der Waals surface area contributed by atoms with Crippen molar-refractivity contribution >= 4 is 21.9 Å². The van der Waals surface area contributed by atoms with Gasteiger partial charge < -0.3 is 14.8 Å². The Bertz CT molecular complexity index is 693. The number of aryl methyl sites for hydroxylation is 1. The van der Waals surface area contributed by atoms with E-state index in [2.05, 4.69) is 10.0 Å². The molecule has 2 rings (SSSR count). The second-order valence-corrected chi connectivity index (χ2v) is 7.08. The van der Waals surface area contributed by atoms with Gasteiger partial charge in [-0.15, -0.1) is 0 Å². The first-order chi connectivity index (χ1) is 10.2. The molecule has 0 saturated heterocycles. The maximum atomic E-state index is 12.2. The molecule has 1 fully saturated rings. The van der Waals surface area contributed by atoms with E-state index in [-0.39, 0.29) is 22.5 Å². The molecule has 1 aromatic rings. The van der Waals surface area contributed by atoms with Gasteiger partial charge in [0.05, 0.1) is 11.5 Å². The van der Waals surface area contributed by atoms with Crippen molar-refractivity contribution in [3.8, 4) is 0 Å². The number of sulfonamides is 1. The highest BCUT2D eigenvalue weighted by molar-refractivity contribution is 7.89. The summed E-state index contributed by atoms with van der Waals surface area (Å²) in [6, 6.07) is 0.937. The highest BCUT2D eigenvalue weighted by atomic mass is 32.2. The molecule has 0 aliphatic heterocycles. The fraction of sp³-hybridized carbons (Fsp3) is 0.538. The van der Waals surface area contributed by atoms with Crippen LogP contribution in [0.15, 0.2) is 15.6 Å². The molecule has 22 heavy (non-hydrogen) atoms. The molecule has 0 bridgehead atoms. The SMILES string of the molecule is CNS(=O)(=O)c1cc(C(=O)N[C@@H]2CC[C@H](C(=O)O)C2)c(C)o1. The third-order valence-electron chi connectivity index (χ3n) is 3.79. The molecule has 0 unspecified atom stereocenters. The number of nitrogens with one attached hydrogen (secondary N) is 2. The van der Waals surface area contributed by atoms with Gasteiger partial charge in [-0.05, 0) is 33.2 Å². The van der Waals surface area contributed by atoms with Crippen molar-refractivity contribution < 1.29 is 27.5 Å². The van der Waals surface area contributed by atoms with Crippen molar-refractivity contribution in [2.45, 2.75) is 37.3 Å². The van der Waals surface area contributed by atoms with Crippen molar-refractivity contribution in [2.75, 3.05) is 7.05 Å². The Balaban J connectivity index is 2.10. The topological polar surface area (TPSA) is 126 Å². The highest BCUT2D eigenvalue weighted by Gasteiger charge is 2.31. The normalized spacial score (nSPS) is 21.7. The van der Waals surface area contributed by atoms with E-state index in [1.54, 1.807) is 0 Å². The van der Waals surface area contributed by atoms with Crippen LogP contribution in [0, 0.1) is 12.8 Å². The van der Waals surface area contributed by atoms with Gasteiger partial charge in [-0.3, -0.25) is 9.59 Å². The smallest absolute Gasteiger partial charge is 0.306 e. The summed E-state index contributed by atoms with van der Waals surface area (Å²) in [4.78, 5) is 23.1. The molecule has 3 N–H and O–H groups in total. The number of hydrogen-bond donors (Lipinski definition) is 3. The summed E-state index contributed by atoms with van der Waals surface area (Å²) < 4.78 is 30.5. The van der Waals surface area contributed by atoms with E-state index >= 15 is 0 Å². The van der Waals surface area contributed by atoms with E-state index in [1.807, 2.05) is 0 Å². The van der Waals surface area contributed by atoms with Crippen molar-refractivity contribution in [1.29, 1.82) is 0 Å². The highest BCUT2D eigenvalue weighted by Crippen LogP contribution is 2.26. The molecule has 8 nitrogen and oxygen atoms in total. The van der Waals surface area contributed by atoms with E-state index in [4.69, 9.17) is 9.52 Å². The Hall–Kier alpha value is -1.87. The van der Waals surface area contributed by atoms with Crippen LogP contribution in [0.3, 0.4) is 0 Å². The predicted molar refractivity (Wildman–Crippen MR) is 75.9 cm³/mol. The average Bonchev–Trinajstić information content (AvgIpc) is 3.05. The third kappa shape index (κ3) is 3.30. The van der Waals surface area contributed by atoms with Crippen LogP contribution in [-0.4, -0.2) is 38.5 Å². The monoisotopic (exact) mass is 330 g/mol. The van der Waals surface area contributed by atoms with Gasteiger partial charge in [0.25, 0.3) is 15.9 Å². The van der Waals surface area contributed by atoms with E-state index in [9.17, 15) is 18.0 Å². The Morgan fingerprint density at radius 3 is 2.59 bits per heavy atom. The van der Waals surface area contributed by atoms with Crippen LogP contribution in [0.4, 0.5) is 0 Å². The fourth-order valence-electron chi connectivity index (χ4n) is 2.51. The van der Waals surface area contributed by atoms with E-state index < -0.39 is 27.8 Å². The maximum Gasteiger partial charge on any atom is 0.306 e. The predicted octanol–water partition coefficient (Wildman–Crippen LogP) is 0.479. The third-order valence-corrected chi connectivity index (χ3v) is 5.06. The van der Waals surface area contributed by atoms with Crippen LogP contribution in [0.1, 0.15) is 35.4 Å². The number of carboxylic acids is 1. The van der Waals surface area contributed by atoms with Gasteiger partial charge in [-0.25, -0.2) is 13.1 Å². The summed E-state index contributed by atoms with van der Waals surface area (Å²) in [7, 11) is -2.51. The lowest BCUT2D eigenvalue weighted by atomic mass is 10.1. The first-order valence-corrected chi connectivity index (χ1v) is 8.30. The lowest BCUT2D eigenvalue weighted by molar-refractivity contribution is -0.141. The fourth-order valence-corrected chi connectivity index (χ4v) is 3.22. The summed E-state index contributed by atoms with van der Waals surface area (Å²) >= 11 is 0. The molecule has 1 aliphatic rings. The van der Waals surface area contributed by atoms with Gasteiger partial charge in [0.15, 0.2) is 0 Å². The molecule has 1 amide bonds. The van der Waals surface area contributed by atoms with Crippen LogP contribution in [0.5, 0.6) is 0 Å². The Labute approximate surface area is 127 Å². The largest absolute Gasteiger partial charge is 0.481 e. The van der Waals surface area contributed by atoms with Gasteiger partial charge in [0, 0.05) is 12.1 Å². The van der Waals surface area contributed by atoms with E-state index in [0.717, 1.165) is 0 Å². The Kier molecular flexibility index (Phi) is 4.57. The van der Waals surface area contributed by atoms with Gasteiger partial charge in [0.2, 0.25) is 5.09 Å². The minimum Gasteiger partial charge on any atom is -0.481 e. The summed E-state index contributed by atoms with van der Waals surface area (Å²) in [6.45, 7) is 1.50. The molecular weight excluding hydrogens is 312 g/mol. The molecular formula is C13H18N2O6S. The maximum absolute atomic E-state index is 12.2. The average molecular weight is 330 g/mol. The molecule has 1 aromatic heterocycles. The number of carboxylic acid groups (broad SMARTS) is 1. The molecule has 1 saturated carbocycles. The van der Waals surface area contributed by atoms with Gasteiger partial charge in [-0.2, -0.15) is 0 Å². The molecule has 2 atom stereocenters. The zero-order valence-corrected chi connectivity index (χ0v) is 13.1. The molecule has 0 radical (unpaired) electrons. The molecule has 0 aromatic carbocycles. The minimum absolute atomic E-state index is 0.132. The second kappa shape index (κ2) is 6.09. The molecule has 1 heterocycles. The minimum atomic E-state index is -3.76. The van der Waals surface area contributed by atoms with Crippen molar-refractivity contribution in [2.24, 2.45) is 5.92 Å². The molecule has 9 heteroatoms. The van der Waals surface area contributed by atoms with Crippen molar-refractivity contribution in [1.82, 2.24) is 10.0 Å². The number of rotatable bonds is 5. The lowest BCUT2D eigenvalue weighted by Crippen LogP contribution is -2.33. The number of aliphatic carboxylic acids is 1. The van der Waals surface area contributed by atoms with Crippen LogP contribution in [0.2, 0.25) is 0 Å². The zero-order chi connectivity index (χ0) is 16.5. The molecule has 122 valence electrons. The van der Waals surface area contributed by atoms with E-state index in [0.29, 0.717) is 19.3 Å². The summed E-state index contributed by atoms with van der Waals surface area (Å²) in [5.74, 6) is -1.58. The zero-order valence-electron chi connectivity index (χ0n) is 12.3. The summed E-state index contributed by atoms with van der Waals surface area (Å²) in [6.07, 6.45) is 1.48. The second-order valence-electron chi connectivity index (χ2n) is 5.26.